The molecule has 0 radical (unpaired) electrons. The number of benzene rings is 1. The third-order valence-corrected chi connectivity index (χ3v) is 2.65. The van der Waals surface area contributed by atoms with Crippen LogP contribution in [-0.4, -0.2) is 23.0 Å². The van der Waals surface area contributed by atoms with Crippen molar-refractivity contribution in [2.24, 2.45) is 0 Å². The molecule has 0 atom stereocenters. The molecule has 0 aliphatic heterocycles. The lowest BCUT2D eigenvalue weighted by atomic mass is 10.2. The Hall–Kier alpha value is -2.56. The maximum atomic E-state index is 12.0. The SMILES string of the molecule is CN(Cc1ccncc1)C(=O)Nc1cccc(N)c1. The number of amides is 2. The number of aromatic nitrogens is 1. The van der Waals surface area contributed by atoms with Gasteiger partial charge in [0.25, 0.3) is 0 Å². The summed E-state index contributed by atoms with van der Waals surface area (Å²) >= 11 is 0. The Morgan fingerprint density at radius 1 is 1.32 bits per heavy atom. The second-order valence-electron chi connectivity index (χ2n) is 4.27. The third kappa shape index (κ3) is 3.70. The van der Waals surface area contributed by atoms with Crippen LogP contribution in [0.4, 0.5) is 16.2 Å². The van der Waals surface area contributed by atoms with Crippen molar-refractivity contribution in [1.29, 1.82) is 0 Å². The van der Waals surface area contributed by atoms with Crippen LogP contribution in [0.15, 0.2) is 48.8 Å². The van der Waals surface area contributed by atoms with Crippen molar-refractivity contribution in [1.82, 2.24) is 9.88 Å². The van der Waals surface area contributed by atoms with Crippen molar-refractivity contribution in [3.63, 3.8) is 0 Å². The average Bonchev–Trinajstić information content (AvgIpc) is 2.40. The lowest BCUT2D eigenvalue weighted by molar-refractivity contribution is 0.220. The van der Waals surface area contributed by atoms with Gasteiger partial charge in [-0.1, -0.05) is 6.07 Å². The van der Waals surface area contributed by atoms with Gasteiger partial charge in [0, 0.05) is 37.4 Å². The Labute approximate surface area is 112 Å². The van der Waals surface area contributed by atoms with Crippen molar-refractivity contribution in [2.75, 3.05) is 18.1 Å². The Bertz CT molecular complexity index is 556. The fraction of sp³-hybridized carbons (Fsp3) is 0.143. The van der Waals surface area contributed by atoms with Gasteiger partial charge >= 0.3 is 6.03 Å². The van der Waals surface area contributed by atoms with Crippen LogP contribution in [0.25, 0.3) is 0 Å². The highest BCUT2D eigenvalue weighted by Crippen LogP contribution is 2.12. The van der Waals surface area contributed by atoms with Crippen LogP contribution in [0.3, 0.4) is 0 Å². The summed E-state index contributed by atoms with van der Waals surface area (Å²) in [6, 6.07) is 10.7. The molecule has 0 saturated carbocycles. The molecule has 0 unspecified atom stereocenters. The first-order valence-electron chi connectivity index (χ1n) is 5.92. The number of rotatable bonds is 3. The van der Waals surface area contributed by atoms with E-state index in [1.807, 2.05) is 12.1 Å². The van der Waals surface area contributed by atoms with Gasteiger partial charge in [-0.3, -0.25) is 4.98 Å². The average molecular weight is 256 g/mol. The summed E-state index contributed by atoms with van der Waals surface area (Å²) in [6.45, 7) is 0.524. The lowest BCUT2D eigenvalue weighted by Crippen LogP contribution is -2.30. The Balaban J connectivity index is 1.96. The van der Waals surface area contributed by atoms with Gasteiger partial charge < -0.3 is 16.0 Å². The predicted molar refractivity (Wildman–Crippen MR) is 75.6 cm³/mol. The first-order valence-corrected chi connectivity index (χ1v) is 5.92. The zero-order chi connectivity index (χ0) is 13.7. The van der Waals surface area contributed by atoms with Crippen LogP contribution < -0.4 is 11.1 Å². The van der Waals surface area contributed by atoms with Gasteiger partial charge in [0.1, 0.15) is 0 Å². The molecule has 2 aromatic rings. The first kappa shape index (κ1) is 12.9. The molecule has 0 spiro atoms. The molecule has 0 aliphatic rings. The molecule has 2 amide bonds. The number of hydrogen-bond donors (Lipinski definition) is 2. The minimum Gasteiger partial charge on any atom is -0.399 e. The summed E-state index contributed by atoms with van der Waals surface area (Å²) in [7, 11) is 1.74. The van der Waals surface area contributed by atoms with E-state index in [0.29, 0.717) is 17.9 Å². The molecule has 0 saturated heterocycles. The van der Waals surface area contributed by atoms with E-state index in [2.05, 4.69) is 10.3 Å². The van der Waals surface area contributed by atoms with Crippen LogP contribution in [-0.2, 0) is 6.54 Å². The summed E-state index contributed by atoms with van der Waals surface area (Å²) in [4.78, 5) is 17.5. The number of anilines is 2. The summed E-state index contributed by atoms with van der Waals surface area (Å²) in [5.41, 5.74) is 8.00. The van der Waals surface area contributed by atoms with Gasteiger partial charge in [0.2, 0.25) is 0 Å². The molecular weight excluding hydrogens is 240 g/mol. The number of nitrogen functional groups attached to an aromatic ring is 1. The zero-order valence-corrected chi connectivity index (χ0v) is 10.7. The van der Waals surface area contributed by atoms with E-state index in [4.69, 9.17) is 5.73 Å². The maximum Gasteiger partial charge on any atom is 0.321 e. The van der Waals surface area contributed by atoms with Gasteiger partial charge in [-0.15, -0.1) is 0 Å². The van der Waals surface area contributed by atoms with Crippen molar-refractivity contribution in [3.05, 3.63) is 54.4 Å². The number of carbonyl (C=O) groups excluding carboxylic acids is 1. The van der Waals surface area contributed by atoms with Gasteiger partial charge in [0.15, 0.2) is 0 Å². The Kier molecular flexibility index (Phi) is 3.97. The topological polar surface area (TPSA) is 71.2 Å². The van der Waals surface area contributed by atoms with Crippen LogP contribution in [0.5, 0.6) is 0 Å². The van der Waals surface area contributed by atoms with Crippen LogP contribution >= 0.6 is 0 Å². The number of hydrogen-bond acceptors (Lipinski definition) is 3. The maximum absolute atomic E-state index is 12.0. The largest absolute Gasteiger partial charge is 0.399 e. The predicted octanol–water partition coefficient (Wildman–Crippen LogP) is 2.33. The van der Waals surface area contributed by atoms with Crippen molar-refractivity contribution >= 4 is 17.4 Å². The molecule has 19 heavy (non-hydrogen) atoms. The molecule has 0 aliphatic carbocycles. The molecule has 98 valence electrons. The van der Waals surface area contributed by atoms with Gasteiger partial charge in [-0.05, 0) is 35.9 Å². The van der Waals surface area contributed by atoms with E-state index >= 15 is 0 Å². The molecule has 2 rings (SSSR count). The molecule has 1 aromatic carbocycles. The molecule has 5 heteroatoms. The van der Waals surface area contributed by atoms with E-state index < -0.39 is 0 Å². The van der Waals surface area contributed by atoms with E-state index in [-0.39, 0.29) is 6.03 Å². The first-order chi connectivity index (χ1) is 9.15. The highest BCUT2D eigenvalue weighted by atomic mass is 16.2. The van der Waals surface area contributed by atoms with Crippen molar-refractivity contribution < 1.29 is 4.79 Å². The monoisotopic (exact) mass is 256 g/mol. The lowest BCUT2D eigenvalue weighted by Gasteiger charge is -2.18. The van der Waals surface area contributed by atoms with Gasteiger partial charge in [-0.2, -0.15) is 0 Å². The molecule has 0 fully saturated rings. The van der Waals surface area contributed by atoms with Gasteiger partial charge in [-0.25, -0.2) is 4.79 Å². The number of nitrogens with zero attached hydrogens (tertiary/aromatic N) is 2. The van der Waals surface area contributed by atoms with E-state index in [1.54, 1.807) is 48.6 Å². The molecule has 5 nitrogen and oxygen atoms in total. The second-order valence-corrected chi connectivity index (χ2v) is 4.27. The number of carbonyl (C=O) groups is 1. The molecule has 1 aromatic heterocycles. The quantitative estimate of drug-likeness (QED) is 0.828. The minimum atomic E-state index is -0.178. The smallest absolute Gasteiger partial charge is 0.321 e. The highest BCUT2D eigenvalue weighted by Gasteiger charge is 2.09. The van der Waals surface area contributed by atoms with Crippen molar-refractivity contribution in [3.8, 4) is 0 Å². The fourth-order valence-corrected chi connectivity index (χ4v) is 1.67. The van der Waals surface area contributed by atoms with Crippen LogP contribution in [0.2, 0.25) is 0 Å². The van der Waals surface area contributed by atoms with Crippen LogP contribution in [0.1, 0.15) is 5.56 Å². The second kappa shape index (κ2) is 5.86. The summed E-state index contributed by atoms with van der Waals surface area (Å²) in [5.74, 6) is 0. The number of pyridine rings is 1. The number of nitrogens with two attached hydrogens (primary N) is 1. The number of urea groups is 1. The van der Waals surface area contributed by atoms with Crippen LogP contribution in [0, 0.1) is 0 Å². The third-order valence-electron chi connectivity index (χ3n) is 2.65. The molecule has 3 N–H and O–H groups in total. The standard InChI is InChI=1S/C14H16N4O/c1-18(10-11-5-7-16-8-6-11)14(19)17-13-4-2-3-12(15)9-13/h2-9H,10,15H2,1H3,(H,17,19). The van der Waals surface area contributed by atoms with Crippen molar-refractivity contribution in [2.45, 2.75) is 6.54 Å². The fourth-order valence-electron chi connectivity index (χ4n) is 1.67. The normalized spacial score (nSPS) is 9.95. The zero-order valence-electron chi connectivity index (χ0n) is 10.7. The Morgan fingerprint density at radius 3 is 2.74 bits per heavy atom. The number of nitrogens with one attached hydrogen (secondary N) is 1. The summed E-state index contributed by atoms with van der Waals surface area (Å²) in [5, 5.41) is 2.79. The van der Waals surface area contributed by atoms with E-state index in [9.17, 15) is 4.79 Å². The molecule has 1 heterocycles. The summed E-state index contributed by atoms with van der Waals surface area (Å²) < 4.78 is 0. The van der Waals surface area contributed by atoms with E-state index in [0.717, 1.165) is 5.56 Å². The molecular formula is C14H16N4O. The highest BCUT2D eigenvalue weighted by molar-refractivity contribution is 5.89. The van der Waals surface area contributed by atoms with Gasteiger partial charge in [0.05, 0.1) is 0 Å². The Morgan fingerprint density at radius 2 is 2.05 bits per heavy atom. The molecule has 0 bridgehead atoms. The van der Waals surface area contributed by atoms with E-state index in [1.165, 1.54) is 0 Å². The summed E-state index contributed by atoms with van der Waals surface area (Å²) in [6.07, 6.45) is 3.41. The minimum absolute atomic E-state index is 0.178.